The van der Waals surface area contributed by atoms with E-state index in [4.69, 9.17) is 0 Å². The smallest absolute Gasteiger partial charge is 0.143 e. The molecule has 0 radical (unpaired) electrons. The van der Waals surface area contributed by atoms with Crippen molar-refractivity contribution in [3.05, 3.63) is 33.8 Å². The van der Waals surface area contributed by atoms with Gasteiger partial charge in [-0.2, -0.15) is 0 Å². The van der Waals surface area contributed by atoms with E-state index < -0.39 is 11.6 Å². The van der Waals surface area contributed by atoms with E-state index in [2.05, 4.69) is 35.1 Å². The third-order valence-corrected chi connectivity index (χ3v) is 4.07. The summed E-state index contributed by atoms with van der Waals surface area (Å²) in [6, 6.07) is 2.82. The van der Waals surface area contributed by atoms with Crippen LogP contribution < -0.4 is 5.32 Å². The molecular formula is C15H22BrF2N. The van der Waals surface area contributed by atoms with Crippen molar-refractivity contribution in [2.75, 3.05) is 6.54 Å². The number of likely N-dealkylation sites (N-methyl/N-ethyl adjacent to an activating group) is 1. The van der Waals surface area contributed by atoms with Crippen molar-refractivity contribution in [3.63, 3.8) is 0 Å². The molecule has 1 rings (SSSR count). The summed E-state index contributed by atoms with van der Waals surface area (Å²) >= 11 is 3.11. The maximum atomic E-state index is 14.0. The molecule has 0 spiro atoms. The van der Waals surface area contributed by atoms with Gasteiger partial charge in [0.25, 0.3) is 0 Å². The van der Waals surface area contributed by atoms with Gasteiger partial charge in [-0.25, -0.2) is 8.78 Å². The van der Waals surface area contributed by atoms with Crippen LogP contribution in [0.25, 0.3) is 0 Å². The Balaban J connectivity index is 2.93. The van der Waals surface area contributed by atoms with E-state index in [1.54, 1.807) is 0 Å². The molecule has 1 N–H and O–H groups in total. The summed E-state index contributed by atoms with van der Waals surface area (Å²) in [4.78, 5) is 0. The first kappa shape index (κ1) is 16.6. The monoisotopic (exact) mass is 333 g/mol. The molecule has 19 heavy (non-hydrogen) atoms. The Morgan fingerprint density at radius 2 is 1.95 bits per heavy atom. The average molecular weight is 334 g/mol. The van der Waals surface area contributed by atoms with Crippen LogP contribution in [0.5, 0.6) is 0 Å². The van der Waals surface area contributed by atoms with E-state index in [1.807, 2.05) is 6.92 Å². The minimum atomic E-state index is -0.480. The van der Waals surface area contributed by atoms with Gasteiger partial charge in [0.15, 0.2) is 0 Å². The van der Waals surface area contributed by atoms with Gasteiger partial charge in [-0.3, -0.25) is 0 Å². The van der Waals surface area contributed by atoms with E-state index in [0.717, 1.165) is 19.4 Å². The summed E-state index contributed by atoms with van der Waals surface area (Å²) in [5.41, 5.74) is 0.170. The highest BCUT2D eigenvalue weighted by Gasteiger charge is 2.21. The zero-order valence-corrected chi connectivity index (χ0v) is 13.4. The van der Waals surface area contributed by atoms with Crippen LogP contribution in [-0.4, -0.2) is 12.6 Å². The largest absolute Gasteiger partial charge is 0.314 e. The molecule has 0 heterocycles. The molecular weight excluding hydrogens is 312 g/mol. The Morgan fingerprint density at radius 3 is 2.53 bits per heavy atom. The Labute approximate surface area is 122 Å². The Kier molecular flexibility index (Phi) is 6.94. The summed E-state index contributed by atoms with van der Waals surface area (Å²) in [5.74, 6) is -0.554. The van der Waals surface area contributed by atoms with Crippen LogP contribution in [-0.2, 0) is 6.42 Å². The fourth-order valence-corrected chi connectivity index (χ4v) is 2.74. The number of halogens is 3. The molecule has 1 nitrogen and oxygen atoms in total. The number of hydrogen-bond donors (Lipinski definition) is 1. The van der Waals surface area contributed by atoms with E-state index in [0.29, 0.717) is 16.8 Å². The van der Waals surface area contributed by atoms with E-state index in [-0.39, 0.29) is 11.6 Å². The molecule has 0 aliphatic rings. The number of hydrogen-bond acceptors (Lipinski definition) is 1. The average Bonchev–Trinajstić information content (AvgIpc) is 2.38. The fourth-order valence-electron chi connectivity index (χ4n) is 2.37. The van der Waals surface area contributed by atoms with Gasteiger partial charge >= 0.3 is 0 Å². The molecule has 0 bridgehead atoms. The van der Waals surface area contributed by atoms with Crippen LogP contribution in [0.3, 0.4) is 0 Å². The summed E-state index contributed by atoms with van der Waals surface area (Å²) in [5, 5.41) is 3.34. The van der Waals surface area contributed by atoms with Crippen molar-refractivity contribution in [2.24, 2.45) is 5.92 Å². The molecule has 0 aromatic heterocycles. The van der Waals surface area contributed by atoms with Gasteiger partial charge < -0.3 is 5.32 Å². The van der Waals surface area contributed by atoms with Crippen molar-refractivity contribution in [3.8, 4) is 0 Å². The van der Waals surface area contributed by atoms with Gasteiger partial charge in [-0.05, 0) is 53.4 Å². The van der Waals surface area contributed by atoms with Crippen molar-refractivity contribution in [1.82, 2.24) is 5.32 Å². The predicted molar refractivity (Wildman–Crippen MR) is 79.3 cm³/mol. The molecule has 0 saturated carbocycles. The molecule has 0 amide bonds. The van der Waals surface area contributed by atoms with Gasteiger partial charge in [0, 0.05) is 11.6 Å². The van der Waals surface area contributed by atoms with Crippen LogP contribution in [0.15, 0.2) is 16.6 Å². The Morgan fingerprint density at radius 1 is 1.26 bits per heavy atom. The maximum absolute atomic E-state index is 14.0. The third kappa shape index (κ3) is 4.53. The zero-order chi connectivity index (χ0) is 14.4. The van der Waals surface area contributed by atoms with E-state index in [1.165, 1.54) is 12.1 Å². The molecule has 0 fully saturated rings. The molecule has 2 unspecified atom stereocenters. The van der Waals surface area contributed by atoms with Crippen molar-refractivity contribution < 1.29 is 8.78 Å². The number of rotatable bonds is 7. The Hall–Kier alpha value is -0.480. The van der Waals surface area contributed by atoms with Gasteiger partial charge in [-0.1, -0.05) is 27.2 Å². The summed E-state index contributed by atoms with van der Waals surface area (Å²) in [6.45, 7) is 7.07. The first-order valence-electron chi connectivity index (χ1n) is 6.86. The predicted octanol–water partition coefficient (Wildman–Crippen LogP) is 4.68. The SMILES string of the molecule is CCCC(C)C(Cc1c(F)ccc(Br)c1F)NCC. The molecule has 2 atom stereocenters. The molecule has 108 valence electrons. The van der Waals surface area contributed by atoms with Crippen LogP contribution in [0.4, 0.5) is 8.78 Å². The van der Waals surface area contributed by atoms with Crippen LogP contribution >= 0.6 is 15.9 Å². The highest BCUT2D eigenvalue weighted by atomic mass is 79.9. The molecule has 0 aliphatic carbocycles. The standard InChI is InChI=1S/C15H22BrF2N/c1-4-6-10(3)14(19-5-2)9-11-13(17)8-7-12(16)15(11)18/h7-8,10,14,19H,4-6,9H2,1-3H3. The quantitative estimate of drug-likeness (QED) is 0.714. The summed E-state index contributed by atoms with van der Waals surface area (Å²) < 4.78 is 28.1. The van der Waals surface area contributed by atoms with Gasteiger partial charge in [0.2, 0.25) is 0 Å². The lowest BCUT2D eigenvalue weighted by atomic mass is 9.91. The molecule has 4 heteroatoms. The highest BCUT2D eigenvalue weighted by molar-refractivity contribution is 9.10. The summed E-state index contributed by atoms with van der Waals surface area (Å²) in [6.07, 6.45) is 2.51. The fraction of sp³-hybridized carbons (Fsp3) is 0.600. The first-order chi connectivity index (χ1) is 9.01. The number of benzene rings is 1. The summed E-state index contributed by atoms with van der Waals surface area (Å²) in [7, 11) is 0. The van der Waals surface area contributed by atoms with Crippen molar-refractivity contribution >= 4 is 15.9 Å². The normalized spacial score (nSPS) is 14.4. The lowest BCUT2D eigenvalue weighted by molar-refractivity contribution is 0.350. The lowest BCUT2D eigenvalue weighted by Crippen LogP contribution is -2.37. The maximum Gasteiger partial charge on any atom is 0.143 e. The van der Waals surface area contributed by atoms with Crippen LogP contribution in [0.2, 0.25) is 0 Å². The van der Waals surface area contributed by atoms with Crippen LogP contribution in [0.1, 0.15) is 39.2 Å². The third-order valence-electron chi connectivity index (χ3n) is 3.46. The second-order valence-corrected chi connectivity index (χ2v) is 5.81. The van der Waals surface area contributed by atoms with Gasteiger partial charge in [0.1, 0.15) is 11.6 Å². The lowest BCUT2D eigenvalue weighted by Gasteiger charge is -2.25. The number of nitrogens with one attached hydrogen (secondary N) is 1. The first-order valence-corrected chi connectivity index (χ1v) is 7.66. The van der Waals surface area contributed by atoms with Crippen LogP contribution in [0, 0.1) is 17.6 Å². The second-order valence-electron chi connectivity index (χ2n) is 4.96. The van der Waals surface area contributed by atoms with E-state index >= 15 is 0 Å². The van der Waals surface area contributed by atoms with Crippen molar-refractivity contribution in [2.45, 2.75) is 46.1 Å². The highest BCUT2D eigenvalue weighted by Crippen LogP contribution is 2.25. The molecule has 1 aromatic carbocycles. The van der Waals surface area contributed by atoms with Crippen molar-refractivity contribution in [1.29, 1.82) is 0 Å². The zero-order valence-electron chi connectivity index (χ0n) is 11.8. The minimum absolute atomic E-state index is 0.100. The van der Waals surface area contributed by atoms with Gasteiger partial charge in [0.05, 0.1) is 4.47 Å². The Bertz CT molecular complexity index is 409. The second kappa shape index (κ2) is 7.95. The molecule has 0 aliphatic heterocycles. The topological polar surface area (TPSA) is 12.0 Å². The molecule has 1 aromatic rings. The molecule has 0 saturated heterocycles. The van der Waals surface area contributed by atoms with Gasteiger partial charge in [-0.15, -0.1) is 0 Å². The minimum Gasteiger partial charge on any atom is -0.314 e. The van der Waals surface area contributed by atoms with E-state index in [9.17, 15) is 8.78 Å².